The third-order valence-corrected chi connectivity index (χ3v) is 5.87. The van der Waals surface area contributed by atoms with Gasteiger partial charge in [-0.15, -0.1) is 0 Å². The Bertz CT molecular complexity index is 922. The van der Waals surface area contributed by atoms with Crippen molar-refractivity contribution in [1.82, 2.24) is 29.3 Å². The van der Waals surface area contributed by atoms with Gasteiger partial charge in [-0.2, -0.15) is 0 Å². The van der Waals surface area contributed by atoms with Gasteiger partial charge >= 0.3 is 0 Å². The van der Waals surface area contributed by atoms with Crippen molar-refractivity contribution in [1.29, 1.82) is 0 Å². The van der Waals surface area contributed by atoms with Crippen LogP contribution in [0.4, 0.5) is 0 Å². The molecule has 0 aromatic carbocycles. The van der Waals surface area contributed by atoms with Crippen LogP contribution in [-0.2, 0) is 29.1 Å². The molecule has 0 N–H and O–H groups in total. The molecule has 154 valence electrons. The second-order valence-corrected chi connectivity index (χ2v) is 8.28. The van der Waals surface area contributed by atoms with E-state index in [4.69, 9.17) is 4.98 Å². The maximum atomic E-state index is 12.8. The number of rotatable bonds is 4. The van der Waals surface area contributed by atoms with Crippen LogP contribution in [0.1, 0.15) is 61.9 Å². The number of likely N-dealkylation sites (tertiary alicyclic amines) is 1. The SMILES string of the molecule is CC(=O)N1CCc2nc([C@H]3CCN(C(=O)Cn4ccnc4C(C)C)C3)ncc2C1. The van der Waals surface area contributed by atoms with Crippen LogP contribution < -0.4 is 0 Å². The highest BCUT2D eigenvalue weighted by molar-refractivity contribution is 5.76. The topological polar surface area (TPSA) is 84.2 Å². The van der Waals surface area contributed by atoms with Crippen molar-refractivity contribution < 1.29 is 9.59 Å². The maximum absolute atomic E-state index is 12.8. The summed E-state index contributed by atoms with van der Waals surface area (Å²) in [4.78, 5) is 41.9. The van der Waals surface area contributed by atoms with Crippen molar-refractivity contribution in [2.24, 2.45) is 0 Å². The summed E-state index contributed by atoms with van der Waals surface area (Å²) in [5.74, 6) is 2.41. The molecule has 8 heteroatoms. The Balaban J connectivity index is 1.40. The van der Waals surface area contributed by atoms with Crippen molar-refractivity contribution >= 4 is 11.8 Å². The first-order chi connectivity index (χ1) is 13.9. The monoisotopic (exact) mass is 396 g/mol. The molecule has 8 nitrogen and oxygen atoms in total. The smallest absolute Gasteiger partial charge is 0.242 e. The van der Waals surface area contributed by atoms with Gasteiger partial charge in [0.05, 0.1) is 5.69 Å². The summed E-state index contributed by atoms with van der Waals surface area (Å²) in [6.07, 6.45) is 7.13. The van der Waals surface area contributed by atoms with Crippen LogP contribution in [0.2, 0.25) is 0 Å². The zero-order valence-corrected chi connectivity index (χ0v) is 17.3. The van der Waals surface area contributed by atoms with Gasteiger partial charge in [0.15, 0.2) is 0 Å². The molecule has 0 aliphatic carbocycles. The predicted octanol–water partition coefficient (Wildman–Crippen LogP) is 1.72. The highest BCUT2D eigenvalue weighted by Gasteiger charge is 2.30. The Morgan fingerprint density at radius 2 is 2.03 bits per heavy atom. The van der Waals surface area contributed by atoms with Gasteiger partial charge in [0.1, 0.15) is 18.2 Å². The van der Waals surface area contributed by atoms with Gasteiger partial charge in [0.25, 0.3) is 0 Å². The molecule has 2 aliphatic rings. The van der Waals surface area contributed by atoms with Crippen molar-refractivity contribution in [2.75, 3.05) is 19.6 Å². The molecule has 0 spiro atoms. The number of fused-ring (bicyclic) bond motifs is 1. The van der Waals surface area contributed by atoms with Gasteiger partial charge in [0, 0.05) is 75.5 Å². The van der Waals surface area contributed by atoms with Crippen LogP contribution >= 0.6 is 0 Å². The molecule has 29 heavy (non-hydrogen) atoms. The molecule has 1 atom stereocenters. The van der Waals surface area contributed by atoms with Crippen LogP contribution in [-0.4, -0.2) is 60.8 Å². The fraction of sp³-hybridized carbons (Fsp3) is 0.571. The summed E-state index contributed by atoms with van der Waals surface area (Å²) >= 11 is 0. The number of hydrogen-bond acceptors (Lipinski definition) is 5. The van der Waals surface area contributed by atoms with Crippen LogP contribution in [0.5, 0.6) is 0 Å². The Morgan fingerprint density at radius 3 is 2.79 bits per heavy atom. The van der Waals surface area contributed by atoms with E-state index in [-0.39, 0.29) is 23.7 Å². The molecule has 2 amide bonds. The van der Waals surface area contributed by atoms with Crippen molar-refractivity contribution in [2.45, 2.75) is 58.5 Å². The number of hydrogen-bond donors (Lipinski definition) is 0. The van der Waals surface area contributed by atoms with Crippen LogP contribution in [0, 0.1) is 0 Å². The number of aromatic nitrogens is 4. The zero-order chi connectivity index (χ0) is 20.5. The van der Waals surface area contributed by atoms with Crippen molar-refractivity contribution in [3.63, 3.8) is 0 Å². The first-order valence-corrected chi connectivity index (χ1v) is 10.3. The van der Waals surface area contributed by atoms with E-state index in [1.807, 2.05) is 26.8 Å². The second-order valence-electron chi connectivity index (χ2n) is 8.28. The fourth-order valence-electron chi connectivity index (χ4n) is 4.20. The number of amides is 2. The molecular formula is C21H28N6O2. The third kappa shape index (κ3) is 4.02. The van der Waals surface area contributed by atoms with Crippen LogP contribution in [0.25, 0.3) is 0 Å². The quantitative estimate of drug-likeness (QED) is 0.786. The number of imidazole rings is 1. The normalized spacial score (nSPS) is 19.0. The molecule has 1 saturated heterocycles. The fourth-order valence-corrected chi connectivity index (χ4v) is 4.20. The molecule has 4 rings (SSSR count). The average Bonchev–Trinajstić information content (AvgIpc) is 3.36. The van der Waals surface area contributed by atoms with Crippen molar-refractivity contribution in [3.8, 4) is 0 Å². The molecular weight excluding hydrogens is 368 g/mol. The van der Waals surface area contributed by atoms with Crippen molar-refractivity contribution in [3.05, 3.63) is 41.5 Å². The molecule has 0 bridgehead atoms. The van der Waals surface area contributed by atoms with E-state index < -0.39 is 0 Å². The molecule has 1 fully saturated rings. The molecule has 2 aliphatic heterocycles. The van der Waals surface area contributed by atoms with Crippen LogP contribution in [0.15, 0.2) is 18.6 Å². The van der Waals surface area contributed by atoms with E-state index in [2.05, 4.69) is 23.8 Å². The largest absolute Gasteiger partial charge is 0.340 e. The van der Waals surface area contributed by atoms with E-state index in [0.717, 1.165) is 42.3 Å². The van der Waals surface area contributed by atoms with Crippen LogP contribution in [0.3, 0.4) is 0 Å². The Hall–Kier alpha value is -2.77. The first kappa shape index (κ1) is 19.5. The van der Waals surface area contributed by atoms with E-state index in [1.54, 1.807) is 13.1 Å². The number of carbonyl (C=O) groups excluding carboxylic acids is 2. The van der Waals surface area contributed by atoms with E-state index in [1.165, 1.54) is 0 Å². The lowest BCUT2D eigenvalue weighted by molar-refractivity contribution is -0.131. The summed E-state index contributed by atoms with van der Waals surface area (Å²) < 4.78 is 1.94. The lowest BCUT2D eigenvalue weighted by Crippen LogP contribution is -2.35. The highest BCUT2D eigenvalue weighted by Crippen LogP contribution is 2.27. The molecule has 2 aromatic rings. The van der Waals surface area contributed by atoms with Gasteiger partial charge < -0.3 is 14.4 Å². The standard InChI is InChI=1S/C21H28N6O2/c1-14(2)21-22-6-9-27(21)13-19(29)26-7-4-16(11-26)20-23-10-17-12-25(15(3)28)8-5-18(17)24-20/h6,9-10,14,16H,4-5,7-8,11-13H2,1-3H3/t16-/m0/s1. The number of nitrogens with zero attached hydrogens (tertiary/aromatic N) is 6. The second kappa shape index (κ2) is 7.93. The molecule has 0 unspecified atom stereocenters. The minimum Gasteiger partial charge on any atom is -0.340 e. The predicted molar refractivity (Wildman–Crippen MR) is 107 cm³/mol. The Morgan fingerprint density at radius 1 is 1.21 bits per heavy atom. The van der Waals surface area contributed by atoms with Gasteiger partial charge in [-0.25, -0.2) is 15.0 Å². The molecule has 2 aromatic heterocycles. The van der Waals surface area contributed by atoms with E-state index in [0.29, 0.717) is 26.2 Å². The molecule has 0 saturated carbocycles. The zero-order valence-electron chi connectivity index (χ0n) is 17.3. The van der Waals surface area contributed by atoms with E-state index >= 15 is 0 Å². The van der Waals surface area contributed by atoms with E-state index in [9.17, 15) is 9.59 Å². The molecule has 0 radical (unpaired) electrons. The molecule has 4 heterocycles. The minimum atomic E-state index is 0.0863. The first-order valence-electron chi connectivity index (χ1n) is 10.3. The average molecular weight is 396 g/mol. The minimum absolute atomic E-state index is 0.0863. The lowest BCUT2D eigenvalue weighted by atomic mass is 10.0. The highest BCUT2D eigenvalue weighted by atomic mass is 16.2. The summed E-state index contributed by atoms with van der Waals surface area (Å²) in [5.41, 5.74) is 2.07. The lowest BCUT2D eigenvalue weighted by Gasteiger charge is -2.27. The van der Waals surface area contributed by atoms with Gasteiger partial charge in [-0.05, 0) is 6.42 Å². The summed E-state index contributed by atoms with van der Waals surface area (Å²) in [6, 6.07) is 0. The van der Waals surface area contributed by atoms with Gasteiger partial charge in [0.2, 0.25) is 11.8 Å². The Kier molecular flexibility index (Phi) is 5.34. The summed E-state index contributed by atoms with van der Waals surface area (Å²) in [7, 11) is 0. The number of carbonyl (C=O) groups is 2. The van der Waals surface area contributed by atoms with Gasteiger partial charge in [-0.1, -0.05) is 13.8 Å². The summed E-state index contributed by atoms with van der Waals surface area (Å²) in [5, 5.41) is 0. The third-order valence-electron chi connectivity index (χ3n) is 5.87. The van der Waals surface area contributed by atoms with Gasteiger partial charge in [-0.3, -0.25) is 9.59 Å². The summed E-state index contributed by atoms with van der Waals surface area (Å²) in [6.45, 7) is 8.76. The maximum Gasteiger partial charge on any atom is 0.242 e. The Labute approximate surface area is 171 Å².